The van der Waals surface area contributed by atoms with E-state index < -0.39 is 0 Å². The van der Waals surface area contributed by atoms with Crippen LogP contribution in [-0.4, -0.2) is 10.7 Å². The van der Waals surface area contributed by atoms with Crippen LogP contribution in [0, 0.1) is 0 Å². The topological polar surface area (TPSA) is 29.1 Å². The van der Waals surface area contributed by atoms with E-state index in [0.717, 1.165) is 10.6 Å². The molecular formula is C11H13NOS. The van der Waals surface area contributed by atoms with E-state index in [1.165, 1.54) is 0 Å². The van der Waals surface area contributed by atoms with Crippen LogP contribution in [0.5, 0.6) is 0 Å². The second kappa shape index (κ2) is 3.31. The van der Waals surface area contributed by atoms with Gasteiger partial charge in [-0.2, -0.15) is 0 Å². The molecule has 0 saturated carbocycles. The molecule has 1 N–H and O–H groups in total. The van der Waals surface area contributed by atoms with Crippen LogP contribution in [0.4, 0.5) is 5.69 Å². The average molecular weight is 207 g/mol. The Balaban J connectivity index is 2.42. The maximum atomic E-state index is 11.5. The van der Waals surface area contributed by atoms with Crippen molar-refractivity contribution in [3.8, 4) is 0 Å². The van der Waals surface area contributed by atoms with Crippen molar-refractivity contribution in [2.45, 2.75) is 29.9 Å². The third-order valence-corrected chi connectivity index (χ3v) is 3.41. The van der Waals surface area contributed by atoms with E-state index in [0.29, 0.717) is 6.42 Å². The predicted octanol–water partition coefficient (Wildman–Crippen LogP) is 2.90. The molecule has 0 fully saturated rings. The van der Waals surface area contributed by atoms with Crippen LogP contribution in [0.25, 0.3) is 0 Å². The molecule has 1 amide bonds. The van der Waals surface area contributed by atoms with Gasteiger partial charge in [-0.25, -0.2) is 0 Å². The molecule has 0 saturated heterocycles. The molecule has 0 unspecified atom stereocenters. The third-order valence-electron chi connectivity index (χ3n) is 2.13. The van der Waals surface area contributed by atoms with E-state index >= 15 is 0 Å². The number of anilines is 1. The second-order valence-electron chi connectivity index (χ2n) is 4.08. The molecule has 1 aliphatic rings. The van der Waals surface area contributed by atoms with Crippen molar-refractivity contribution in [2.24, 2.45) is 0 Å². The first-order chi connectivity index (χ1) is 6.57. The molecule has 1 aromatic carbocycles. The zero-order valence-corrected chi connectivity index (χ0v) is 9.15. The highest BCUT2D eigenvalue weighted by molar-refractivity contribution is 8.00. The van der Waals surface area contributed by atoms with E-state index in [1.54, 1.807) is 11.8 Å². The summed E-state index contributed by atoms with van der Waals surface area (Å²) in [4.78, 5) is 12.7. The van der Waals surface area contributed by atoms with Crippen LogP contribution in [0.3, 0.4) is 0 Å². The Hall–Kier alpha value is -0.960. The van der Waals surface area contributed by atoms with Gasteiger partial charge < -0.3 is 5.32 Å². The Morgan fingerprint density at radius 1 is 1.36 bits per heavy atom. The molecule has 1 aromatic rings. The van der Waals surface area contributed by atoms with Crippen LogP contribution >= 0.6 is 11.8 Å². The van der Waals surface area contributed by atoms with Crippen molar-refractivity contribution >= 4 is 23.4 Å². The molecule has 0 aromatic heterocycles. The fraction of sp³-hybridized carbons (Fsp3) is 0.364. The van der Waals surface area contributed by atoms with Gasteiger partial charge in [0.25, 0.3) is 0 Å². The first-order valence-electron chi connectivity index (χ1n) is 4.65. The Morgan fingerprint density at radius 2 is 2.07 bits per heavy atom. The maximum absolute atomic E-state index is 11.5. The van der Waals surface area contributed by atoms with Crippen molar-refractivity contribution < 1.29 is 4.79 Å². The van der Waals surface area contributed by atoms with Gasteiger partial charge in [0, 0.05) is 16.1 Å². The molecule has 1 heterocycles. The number of hydrogen-bond donors (Lipinski definition) is 1. The molecule has 0 radical (unpaired) electrons. The Bertz CT molecular complexity index is 373. The summed E-state index contributed by atoms with van der Waals surface area (Å²) in [5, 5.41) is 2.92. The lowest BCUT2D eigenvalue weighted by atomic mass is 10.1. The predicted molar refractivity (Wildman–Crippen MR) is 59.6 cm³/mol. The summed E-state index contributed by atoms with van der Waals surface area (Å²) in [6.07, 6.45) is 0.562. The van der Waals surface area contributed by atoms with Crippen molar-refractivity contribution in [3.63, 3.8) is 0 Å². The highest BCUT2D eigenvalue weighted by atomic mass is 32.2. The molecule has 0 spiro atoms. The zero-order valence-electron chi connectivity index (χ0n) is 8.33. The van der Waals surface area contributed by atoms with E-state index in [2.05, 4.69) is 19.2 Å². The zero-order chi connectivity index (χ0) is 10.2. The van der Waals surface area contributed by atoms with Crippen molar-refractivity contribution in [1.29, 1.82) is 0 Å². The molecule has 2 nitrogen and oxygen atoms in total. The Kier molecular flexibility index (Phi) is 2.27. The third kappa shape index (κ3) is 1.93. The normalized spacial score (nSPS) is 19.4. The quantitative estimate of drug-likeness (QED) is 0.708. The highest BCUT2D eigenvalue weighted by Gasteiger charge is 2.27. The van der Waals surface area contributed by atoms with Crippen LogP contribution in [0.2, 0.25) is 0 Å². The van der Waals surface area contributed by atoms with Gasteiger partial charge in [-0.15, -0.1) is 11.8 Å². The van der Waals surface area contributed by atoms with E-state index in [4.69, 9.17) is 0 Å². The van der Waals surface area contributed by atoms with E-state index in [1.807, 2.05) is 24.3 Å². The van der Waals surface area contributed by atoms with Gasteiger partial charge in [-0.05, 0) is 26.0 Å². The first-order valence-corrected chi connectivity index (χ1v) is 5.46. The second-order valence-corrected chi connectivity index (χ2v) is 5.83. The van der Waals surface area contributed by atoms with Gasteiger partial charge >= 0.3 is 0 Å². The van der Waals surface area contributed by atoms with Gasteiger partial charge in [-0.1, -0.05) is 12.1 Å². The molecule has 2 rings (SSSR count). The van der Waals surface area contributed by atoms with Crippen LogP contribution in [-0.2, 0) is 4.79 Å². The molecule has 14 heavy (non-hydrogen) atoms. The fourth-order valence-corrected chi connectivity index (χ4v) is 2.75. The van der Waals surface area contributed by atoms with E-state index in [-0.39, 0.29) is 10.7 Å². The van der Waals surface area contributed by atoms with Crippen molar-refractivity contribution in [3.05, 3.63) is 24.3 Å². The number of fused-ring (bicyclic) bond motifs is 1. The van der Waals surface area contributed by atoms with Gasteiger partial charge in [0.05, 0.1) is 5.69 Å². The summed E-state index contributed by atoms with van der Waals surface area (Å²) >= 11 is 1.76. The smallest absolute Gasteiger partial charge is 0.225 e. The minimum absolute atomic E-state index is 0.0172. The molecule has 74 valence electrons. The largest absolute Gasteiger partial charge is 0.325 e. The Labute approximate surface area is 88.1 Å². The minimum Gasteiger partial charge on any atom is -0.325 e. The number of benzene rings is 1. The molecule has 0 aliphatic carbocycles. The average Bonchev–Trinajstić information content (AvgIpc) is 2.16. The lowest BCUT2D eigenvalue weighted by molar-refractivity contribution is -0.116. The number of para-hydroxylation sites is 1. The molecule has 0 atom stereocenters. The molecular weight excluding hydrogens is 194 g/mol. The summed E-state index contributed by atoms with van der Waals surface area (Å²) in [5.41, 5.74) is 0.938. The summed E-state index contributed by atoms with van der Waals surface area (Å²) in [7, 11) is 0. The summed E-state index contributed by atoms with van der Waals surface area (Å²) in [6.45, 7) is 4.19. The summed E-state index contributed by atoms with van der Waals surface area (Å²) in [5.74, 6) is 0.104. The van der Waals surface area contributed by atoms with Crippen molar-refractivity contribution in [1.82, 2.24) is 0 Å². The molecule has 3 heteroatoms. The monoisotopic (exact) mass is 207 g/mol. The van der Waals surface area contributed by atoms with Crippen LogP contribution in [0.15, 0.2) is 29.2 Å². The molecule has 0 bridgehead atoms. The standard InChI is InChI=1S/C11H13NOS/c1-11(2)7-10(13)12-8-5-3-4-6-9(8)14-11/h3-6H,7H2,1-2H3,(H,12,13). The highest BCUT2D eigenvalue weighted by Crippen LogP contribution is 2.41. The van der Waals surface area contributed by atoms with Gasteiger partial charge in [0.1, 0.15) is 0 Å². The van der Waals surface area contributed by atoms with Gasteiger partial charge in [-0.3, -0.25) is 4.79 Å². The number of hydrogen-bond acceptors (Lipinski definition) is 2. The lowest BCUT2D eigenvalue weighted by Crippen LogP contribution is -2.21. The first kappa shape index (κ1) is 9.59. The van der Waals surface area contributed by atoms with Crippen molar-refractivity contribution in [2.75, 3.05) is 5.32 Å². The lowest BCUT2D eigenvalue weighted by Gasteiger charge is -2.19. The Morgan fingerprint density at radius 3 is 2.86 bits per heavy atom. The SMILES string of the molecule is CC1(C)CC(=O)Nc2ccccc2S1. The number of thioether (sulfide) groups is 1. The maximum Gasteiger partial charge on any atom is 0.225 e. The molecule has 1 aliphatic heterocycles. The van der Waals surface area contributed by atoms with Crippen LogP contribution < -0.4 is 5.32 Å². The fourth-order valence-electron chi connectivity index (χ4n) is 1.57. The van der Waals surface area contributed by atoms with Crippen LogP contribution in [0.1, 0.15) is 20.3 Å². The number of amides is 1. The summed E-state index contributed by atoms with van der Waals surface area (Å²) < 4.78 is -0.0172. The number of carbonyl (C=O) groups excluding carboxylic acids is 1. The number of nitrogens with one attached hydrogen (secondary N) is 1. The number of carbonyl (C=O) groups is 1. The van der Waals surface area contributed by atoms with E-state index in [9.17, 15) is 4.79 Å². The summed E-state index contributed by atoms with van der Waals surface area (Å²) in [6, 6.07) is 7.94. The number of rotatable bonds is 0. The van der Waals surface area contributed by atoms with Gasteiger partial charge in [0.15, 0.2) is 0 Å². The van der Waals surface area contributed by atoms with Gasteiger partial charge in [0.2, 0.25) is 5.91 Å². The minimum atomic E-state index is -0.0172.